The van der Waals surface area contributed by atoms with E-state index in [2.05, 4.69) is 25.3 Å². The number of aromatic nitrogens is 2. The van der Waals surface area contributed by atoms with Crippen LogP contribution < -0.4 is 24.8 Å². The molecule has 4 N–H and O–H groups in total. The first-order valence-electron chi connectivity index (χ1n) is 9.76. The van der Waals surface area contributed by atoms with E-state index in [4.69, 9.17) is 26.2 Å². The molecule has 0 bridgehead atoms. The van der Waals surface area contributed by atoms with E-state index in [9.17, 15) is 8.42 Å². The van der Waals surface area contributed by atoms with Gasteiger partial charge in [-0.1, -0.05) is 23.7 Å². The van der Waals surface area contributed by atoms with Gasteiger partial charge in [-0.2, -0.15) is 4.98 Å². The Bertz CT molecular complexity index is 1240. The summed E-state index contributed by atoms with van der Waals surface area (Å²) in [6, 6.07) is 10.4. The number of hydrogen-bond donors (Lipinski definition) is 4. The van der Waals surface area contributed by atoms with Crippen LogP contribution in [-0.4, -0.2) is 50.1 Å². The lowest BCUT2D eigenvalue weighted by Gasteiger charge is -2.16. The van der Waals surface area contributed by atoms with Crippen molar-refractivity contribution in [3.63, 3.8) is 0 Å². The van der Waals surface area contributed by atoms with Gasteiger partial charge >= 0.3 is 0 Å². The zero-order valence-electron chi connectivity index (χ0n) is 18.2. The second kappa shape index (κ2) is 10.6. The van der Waals surface area contributed by atoms with Crippen molar-refractivity contribution >= 4 is 50.5 Å². The van der Waals surface area contributed by atoms with Crippen molar-refractivity contribution in [3.8, 4) is 11.5 Å². The molecule has 3 rings (SSSR count). The largest absolute Gasteiger partial charge is 0.495 e. The molecule has 1 heterocycles. The summed E-state index contributed by atoms with van der Waals surface area (Å²) in [6.45, 7) is 1.82. The van der Waals surface area contributed by atoms with Crippen molar-refractivity contribution in [3.05, 3.63) is 53.2 Å². The molecule has 0 aliphatic heterocycles. The Morgan fingerprint density at radius 1 is 1.15 bits per heavy atom. The Balaban J connectivity index is 1.91. The molecular weight excluding hydrogens is 470 g/mol. The Labute approximate surface area is 197 Å². The number of anilines is 5. The summed E-state index contributed by atoms with van der Waals surface area (Å²) in [7, 11) is -1.98. The van der Waals surface area contributed by atoms with Gasteiger partial charge in [0.1, 0.15) is 23.1 Å². The number of rotatable bonds is 10. The van der Waals surface area contributed by atoms with Gasteiger partial charge in [0.2, 0.25) is 16.0 Å². The molecule has 0 amide bonds. The number of para-hydroxylation sites is 1. The highest BCUT2D eigenvalue weighted by molar-refractivity contribution is 7.92. The summed E-state index contributed by atoms with van der Waals surface area (Å²) >= 11 is 6.29. The number of aliphatic hydroxyl groups is 1. The monoisotopic (exact) mass is 493 g/mol. The Morgan fingerprint density at radius 3 is 2.64 bits per heavy atom. The minimum atomic E-state index is -3.50. The van der Waals surface area contributed by atoms with Gasteiger partial charge in [-0.3, -0.25) is 4.72 Å². The number of aliphatic hydroxyl groups excluding tert-OH is 1. The molecule has 0 saturated carbocycles. The van der Waals surface area contributed by atoms with Crippen LogP contribution in [-0.2, 0) is 10.0 Å². The SMILES string of the molecule is COc1ccc(OCCO)cc1Nc1ncc(Cl)c(Nc2cccc(C)c2NS(C)(=O)=O)n1. The number of sulfonamides is 1. The summed E-state index contributed by atoms with van der Waals surface area (Å²) < 4.78 is 36.9. The average molecular weight is 494 g/mol. The lowest BCUT2D eigenvalue weighted by molar-refractivity contribution is 0.201. The second-order valence-corrected chi connectivity index (χ2v) is 9.10. The maximum Gasteiger partial charge on any atom is 0.229 e. The van der Waals surface area contributed by atoms with Crippen molar-refractivity contribution in [1.82, 2.24) is 9.97 Å². The van der Waals surface area contributed by atoms with Gasteiger partial charge in [0.25, 0.3) is 0 Å². The van der Waals surface area contributed by atoms with E-state index >= 15 is 0 Å². The highest BCUT2D eigenvalue weighted by Crippen LogP contribution is 2.34. The minimum absolute atomic E-state index is 0.112. The molecule has 0 radical (unpaired) electrons. The zero-order chi connectivity index (χ0) is 24.0. The molecule has 176 valence electrons. The topological polar surface area (TPSA) is 135 Å². The number of hydrogen-bond acceptors (Lipinski definition) is 9. The lowest BCUT2D eigenvalue weighted by atomic mass is 10.2. The third kappa shape index (κ3) is 6.60. The molecule has 3 aromatic rings. The zero-order valence-corrected chi connectivity index (χ0v) is 19.8. The molecule has 33 heavy (non-hydrogen) atoms. The first kappa shape index (κ1) is 24.4. The fourth-order valence-electron chi connectivity index (χ4n) is 2.89. The minimum Gasteiger partial charge on any atom is -0.495 e. The second-order valence-electron chi connectivity index (χ2n) is 6.95. The molecule has 0 saturated heterocycles. The smallest absolute Gasteiger partial charge is 0.229 e. The van der Waals surface area contributed by atoms with Gasteiger partial charge in [-0.15, -0.1) is 0 Å². The summed E-state index contributed by atoms with van der Waals surface area (Å²) in [5.74, 6) is 1.53. The predicted octanol–water partition coefficient (Wildman–Crippen LogP) is 3.68. The Morgan fingerprint density at radius 2 is 1.94 bits per heavy atom. The molecule has 10 nitrogen and oxygen atoms in total. The molecule has 1 aromatic heterocycles. The number of nitrogens with zero attached hydrogens (tertiary/aromatic N) is 2. The van der Waals surface area contributed by atoms with Gasteiger partial charge in [-0.25, -0.2) is 13.4 Å². The molecule has 12 heteroatoms. The van der Waals surface area contributed by atoms with Crippen LogP contribution in [0.4, 0.5) is 28.8 Å². The van der Waals surface area contributed by atoms with Gasteiger partial charge in [0.15, 0.2) is 5.82 Å². The molecule has 0 aliphatic rings. The highest BCUT2D eigenvalue weighted by Gasteiger charge is 2.14. The van der Waals surface area contributed by atoms with Crippen molar-refractivity contribution < 1.29 is 23.0 Å². The van der Waals surface area contributed by atoms with Crippen LogP contribution in [0.3, 0.4) is 0 Å². The predicted molar refractivity (Wildman–Crippen MR) is 129 cm³/mol. The van der Waals surface area contributed by atoms with Crippen LogP contribution in [0, 0.1) is 6.92 Å². The molecule has 0 spiro atoms. The van der Waals surface area contributed by atoms with Gasteiger partial charge in [0.05, 0.1) is 43.2 Å². The number of ether oxygens (including phenoxy) is 2. The number of benzene rings is 2. The van der Waals surface area contributed by atoms with Crippen LogP contribution in [0.15, 0.2) is 42.6 Å². The Kier molecular flexibility index (Phi) is 7.79. The van der Waals surface area contributed by atoms with E-state index in [0.717, 1.165) is 11.8 Å². The molecule has 0 aliphatic carbocycles. The summed E-state index contributed by atoms with van der Waals surface area (Å²) in [5, 5.41) is 15.3. The lowest BCUT2D eigenvalue weighted by Crippen LogP contribution is -2.12. The van der Waals surface area contributed by atoms with Gasteiger partial charge in [-0.05, 0) is 30.7 Å². The maximum absolute atomic E-state index is 11.8. The van der Waals surface area contributed by atoms with E-state index in [1.807, 2.05) is 0 Å². The first-order chi connectivity index (χ1) is 15.7. The molecule has 2 aromatic carbocycles. The molecule has 0 unspecified atom stereocenters. The first-order valence-corrected chi connectivity index (χ1v) is 12.0. The van der Waals surface area contributed by atoms with Crippen LogP contribution in [0.1, 0.15) is 5.56 Å². The van der Waals surface area contributed by atoms with E-state index < -0.39 is 10.0 Å². The van der Waals surface area contributed by atoms with Crippen molar-refractivity contribution in [2.75, 3.05) is 41.9 Å². The van der Waals surface area contributed by atoms with Crippen molar-refractivity contribution in [2.45, 2.75) is 6.92 Å². The normalized spacial score (nSPS) is 11.1. The fraction of sp³-hybridized carbons (Fsp3) is 0.238. The van der Waals surface area contributed by atoms with Crippen LogP contribution in [0.5, 0.6) is 11.5 Å². The van der Waals surface area contributed by atoms with Gasteiger partial charge < -0.3 is 25.2 Å². The molecule has 0 atom stereocenters. The van der Waals surface area contributed by atoms with E-state index in [1.54, 1.807) is 43.3 Å². The van der Waals surface area contributed by atoms with Gasteiger partial charge in [0, 0.05) is 6.07 Å². The van der Waals surface area contributed by atoms with Crippen molar-refractivity contribution in [1.29, 1.82) is 0 Å². The number of nitrogens with one attached hydrogen (secondary N) is 3. The molecular formula is C21H24ClN5O5S. The number of aryl methyl sites for hydroxylation is 1. The van der Waals surface area contributed by atoms with Crippen LogP contribution in [0.2, 0.25) is 5.02 Å². The van der Waals surface area contributed by atoms with Crippen LogP contribution >= 0.6 is 11.6 Å². The number of methoxy groups -OCH3 is 1. The van der Waals surface area contributed by atoms with Crippen LogP contribution in [0.25, 0.3) is 0 Å². The quantitative estimate of drug-likeness (QED) is 0.333. The van der Waals surface area contributed by atoms with E-state index in [1.165, 1.54) is 13.3 Å². The van der Waals surface area contributed by atoms with E-state index in [-0.39, 0.29) is 30.0 Å². The fourth-order valence-corrected chi connectivity index (χ4v) is 3.67. The number of halogens is 1. The standard InChI is InChI=1S/C21H24ClN5O5S/c1-13-5-4-6-16(19(13)27-33(3,29)30)24-20-15(22)12-23-21(26-20)25-17-11-14(32-10-9-28)7-8-18(17)31-2/h4-8,11-12,27-28H,9-10H2,1-3H3,(H2,23,24,25,26). The molecule has 0 fully saturated rings. The highest BCUT2D eigenvalue weighted by atomic mass is 35.5. The maximum atomic E-state index is 11.8. The summed E-state index contributed by atoms with van der Waals surface area (Å²) in [6.07, 6.45) is 2.49. The van der Waals surface area contributed by atoms with Crippen molar-refractivity contribution in [2.24, 2.45) is 0 Å². The third-order valence-electron chi connectivity index (χ3n) is 4.33. The Hall–Kier alpha value is -3.28. The summed E-state index contributed by atoms with van der Waals surface area (Å²) in [4.78, 5) is 8.62. The third-order valence-corrected chi connectivity index (χ3v) is 5.19. The summed E-state index contributed by atoms with van der Waals surface area (Å²) in [5.41, 5.74) is 2.12. The van der Waals surface area contributed by atoms with E-state index in [0.29, 0.717) is 28.6 Å². The average Bonchev–Trinajstić information content (AvgIpc) is 2.76.